The Morgan fingerprint density at radius 2 is 1.80 bits per heavy atom. The van der Waals surface area contributed by atoms with E-state index in [-0.39, 0.29) is 18.5 Å². The first-order valence-corrected chi connectivity index (χ1v) is 12.3. The van der Waals surface area contributed by atoms with Crippen LogP contribution >= 0.6 is 11.8 Å². The van der Waals surface area contributed by atoms with Gasteiger partial charge in [0.1, 0.15) is 17.8 Å². The molecule has 0 bridgehead atoms. The minimum Gasteiger partial charge on any atom is -0.497 e. The molecule has 0 radical (unpaired) electrons. The Hall–Kier alpha value is -3.78. The van der Waals surface area contributed by atoms with Gasteiger partial charge in [-0.2, -0.15) is 0 Å². The van der Waals surface area contributed by atoms with Gasteiger partial charge in [-0.15, -0.1) is 11.8 Å². The molecular weight excluding hydrogens is 462 g/mol. The van der Waals surface area contributed by atoms with Crippen molar-refractivity contribution in [3.05, 3.63) is 90.0 Å². The maximum absolute atomic E-state index is 13.8. The number of imide groups is 1. The Morgan fingerprint density at radius 1 is 1.06 bits per heavy atom. The zero-order chi connectivity index (χ0) is 24.6. The van der Waals surface area contributed by atoms with Gasteiger partial charge in [0.05, 0.1) is 18.8 Å². The van der Waals surface area contributed by atoms with Crippen LogP contribution in [0.3, 0.4) is 0 Å². The number of benzene rings is 3. The first-order chi connectivity index (χ1) is 16.9. The number of methoxy groups -OCH3 is 1. The number of para-hydroxylation sites is 1. The Bertz CT molecular complexity index is 1300. The zero-order valence-corrected chi connectivity index (χ0v) is 20.2. The van der Waals surface area contributed by atoms with E-state index in [1.165, 1.54) is 0 Å². The van der Waals surface area contributed by atoms with Crippen molar-refractivity contribution in [2.24, 2.45) is 0 Å². The number of nitrogens with one attached hydrogen (secondary N) is 1. The highest BCUT2D eigenvalue weighted by Crippen LogP contribution is 2.43. The number of hydrogen-bond acceptors (Lipinski definition) is 5. The summed E-state index contributed by atoms with van der Waals surface area (Å²) >= 11 is 1.69. The molecule has 2 atom stereocenters. The molecule has 1 fully saturated rings. The highest BCUT2D eigenvalue weighted by atomic mass is 32.2. The first-order valence-electron chi connectivity index (χ1n) is 11.3. The van der Waals surface area contributed by atoms with Crippen LogP contribution in [0, 0.1) is 0 Å². The molecule has 0 spiro atoms. The smallest absolute Gasteiger partial charge is 0.325 e. The van der Waals surface area contributed by atoms with Gasteiger partial charge in [-0.05, 0) is 42.3 Å². The molecule has 3 aromatic rings. The monoisotopic (exact) mass is 487 g/mol. The summed E-state index contributed by atoms with van der Waals surface area (Å²) < 4.78 is 5.28. The molecule has 4 amide bonds. The number of carbonyl (C=O) groups excluding carboxylic acids is 3. The fourth-order valence-corrected chi connectivity index (χ4v) is 5.77. The molecule has 2 aliphatic heterocycles. The number of hydrogen-bond donors (Lipinski definition) is 1. The summed E-state index contributed by atoms with van der Waals surface area (Å²) in [7, 11) is 1.54. The van der Waals surface area contributed by atoms with Crippen LogP contribution in [0.25, 0.3) is 0 Å². The number of urea groups is 1. The molecule has 1 N–H and O–H groups in total. The molecule has 2 aliphatic rings. The summed E-state index contributed by atoms with van der Waals surface area (Å²) in [6.45, 7) is 1.29. The van der Waals surface area contributed by atoms with E-state index in [9.17, 15) is 14.4 Å². The van der Waals surface area contributed by atoms with E-state index in [0.29, 0.717) is 17.1 Å². The number of carbonyl (C=O) groups is 3. The Balaban J connectivity index is 1.45. The molecule has 0 aromatic heterocycles. The van der Waals surface area contributed by atoms with Gasteiger partial charge in [0.15, 0.2) is 0 Å². The second-order valence-corrected chi connectivity index (χ2v) is 9.71. The third-order valence-electron chi connectivity index (χ3n) is 6.50. The van der Waals surface area contributed by atoms with Gasteiger partial charge in [0.25, 0.3) is 5.91 Å². The summed E-state index contributed by atoms with van der Waals surface area (Å²) in [5.41, 5.74) is 1.08. The van der Waals surface area contributed by atoms with E-state index in [0.717, 1.165) is 21.0 Å². The predicted molar refractivity (Wildman–Crippen MR) is 134 cm³/mol. The predicted octanol–water partition coefficient (Wildman–Crippen LogP) is 4.34. The molecule has 0 saturated carbocycles. The van der Waals surface area contributed by atoms with Crippen LogP contribution in [0.15, 0.2) is 83.8 Å². The first kappa shape index (κ1) is 23.0. The van der Waals surface area contributed by atoms with E-state index >= 15 is 0 Å². The van der Waals surface area contributed by atoms with Gasteiger partial charge in [-0.25, -0.2) is 4.79 Å². The molecule has 3 aromatic carbocycles. The van der Waals surface area contributed by atoms with Crippen molar-refractivity contribution in [3.63, 3.8) is 0 Å². The molecule has 2 heterocycles. The van der Waals surface area contributed by atoms with Crippen LogP contribution in [-0.2, 0) is 15.1 Å². The molecule has 35 heavy (non-hydrogen) atoms. The quantitative estimate of drug-likeness (QED) is 0.542. The Kier molecular flexibility index (Phi) is 5.98. The number of amides is 4. The molecule has 1 saturated heterocycles. The van der Waals surface area contributed by atoms with Crippen molar-refractivity contribution in [1.29, 1.82) is 0 Å². The Labute approximate surface area is 208 Å². The van der Waals surface area contributed by atoms with E-state index in [1.54, 1.807) is 55.0 Å². The van der Waals surface area contributed by atoms with Gasteiger partial charge in [-0.3, -0.25) is 14.5 Å². The molecule has 0 aliphatic carbocycles. The lowest BCUT2D eigenvalue weighted by Crippen LogP contribution is -2.47. The summed E-state index contributed by atoms with van der Waals surface area (Å²) in [6.07, 6.45) is 0. The van der Waals surface area contributed by atoms with Crippen LogP contribution in [0.4, 0.5) is 10.5 Å². The average molecular weight is 488 g/mol. The minimum absolute atomic E-state index is 0.214. The standard InChI is InChI=1S/C27H25N3O4S/c1-27(19-11-8-12-20(15-19)34-2)25(32)29(26(33)28-27)16-24(31)30-21-13-6-7-14-23(21)35-17-22(30)18-9-4-3-5-10-18/h3-15,22H,16-17H2,1-2H3,(H,28,33)/t22-,27-/m0/s1. The van der Waals surface area contributed by atoms with Crippen LogP contribution in [0.2, 0.25) is 0 Å². The number of rotatable bonds is 5. The minimum atomic E-state index is -1.29. The SMILES string of the molecule is COc1cccc([C@]2(C)NC(=O)N(CC(=O)N3c4ccccc4SC[C@H]3c3ccccc3)C2=O)c1. The maximum Gasteiger partial charge on any atom is 0.325 e. The van der Waals surface area contributed by atoms with Crippen molar-refractivity contribution in [1.82, 2.24) is 10.2 Å². The third-order valence-corrected chi connectivity index (χ3v) is 7.64. The van der Waals surface area contributed by atoms with Crippen LogP contribution in [-0.4, -0.2) is 42.2 Å². The van der Waals surface area contributed by atoms with Crippen molar-refractivity contribution in [2.45, 2.75) is 23.4 Å². The van der Waals surface area contributed by atoms with E-state index < -0.39 is 17.5 Å². The zero-order valence-electron chi connectivity index (χ0n) is 19.4. The number of anilines is 1. The van der Waals surface area contributed by atoms with E-state index in [1.807, 2.05) is 54.6 Å². The fourth-order valence-electron chi connectivity index (χ4n) is 4.60. The Morgan fingerprint density at radius 3 is 2.57 bits per heavy atom. The largest absolute Gasteiger partial charge is 0.497 e. The van der Waals surface area contributed by atoms with Crippen LogP contribution < -0.4 is 15.0 Å². The van der Waals surface area contributed by atoms with Gasteiger partial charge in [-0.1, -0.05) is 54.6 Å². The molecule has 0 unspecified atom stereocenters. The van der Waals surface area contributed by atoms with Crippen molar-refractivity contribution < 1.29 is 19.1 Å². The summed E-state index contributed by atoms with van der Waals surface area (Å²) in [5, 5.41) is 2.78. The third kappa shape index (κ3) is 4.04. The number of thioether (sulfide) groups is 1. The van der Waals surface area contributed by atoms with Crippen LogP contribution in [0.1, 0.15) is 24.1 Å². The molecule has 7 nitrogen and oxygen atoms in total. The average Bonchev–Trinajstić information content (AvgIpc) is 3.12. The molecule has 5 rings (SSSR count). The lowest BCUT2D eigenvalue weighted by Gasteiger charge is -2.37. The van der Waals surface area contributed by atoms with Gasteiger partial charge in [0, 0.05) is 10.6 Å². The van der Waals surface area contributed by atoms with Crippen molar-refractivity contribution in [3.8, 4) is 5.75 Å². The molecule has 178 valence electrons. The highest BCUT2D eigenvalue weighted by molar-refractivity contribution is 7.99. The number of ether oxygens (including phenoxy) is 1. The van der Waals surface area contributed by atoms with Gasteiger partial charge >= 0.3 is 6.03 Å². The molecule has 8 heteroatoms. The topological polar surface area (TPSA) is 79.0 Å². The normalized spacial score (nSPS) is 21.5. The highest BCUT2D eigenvalue weighted by Gasteiger charge is 2.50. The summed E-state index contributed by atoms with van der Waals surface area (Å²) in [4.78, 5) is 43.9. The number of fused-ring (bicyclic) bond motifs is 1. The maximum atomic E-state index is 13.8. The van der Waals surface area contributed by atoms with E-state index in [4.69, 9.17) is 4.74 Å². The van der Waals surface area contributed by atoms with Gasteiger partial charge in [0.2, 0.25) is 5.91 Å². The summed E-state index contributed by atoms with van der Waals surface area (Å²) in [5.74, 6) is 0.465. The molecular formula is C27H25N3O4S. The lowest BCUT2D eigenvalue weighted by molar-refractivity contribution is -0.134. The van der Waals surface area contributed by atoms with Crippen molar-refractivity contribution >= 4 is 35.3 Å². The van der Waals surface area contributed by atoms with Gasteiger partial charge < -0.3 is 15.0 Å². The summed E-state index contributed by atoms with van der Waals surface area (Å²) in [6, 6.07) is 23.7. The second-order valence-electron chi connectivity index (χ2n) is 8.65. The van der Waals surface area contributed by atoms with E-state index in [2.05, 4.69) is 5.32 Å². The van der Waals surface area contributed by atoms with Crippen LogP contribution in [0.5, 0.6) is 5.75 Å². The fraction of sp³-hybridized carbons (Fsp3) is 0.222. The number of nitrogens with zero attached hydrogens (tertiary/aromatic N) is 2. The lowest BCUT2D eigenvalue weighted by atomic mass is 9.92. The van der Waals surface area contributed by atoms with Crippen molar-refractivity contribution in [2.75, 3.05) is 24.3 Å². The second kappa shape index (κ2) is 9.11.